The summed E-state index contributed by atoms with van der Waals surface area (Å²) in [5, 5.41) is 9.98. The van der Waals surface area contributed by atoms with Gasteiger partial charge in [-0.3, -0.25) is 0 Å². The predicted octanol–water partition coefficient (Wildman–Crippen LogP) is 3.10. The number of fused-ring (bicyclic) bond motifs is 2. The number of imidazole rings is 1. The first-order valence-electron chi connectivity index (χ1n) is 9.72. The molecule has 2 aliphatic heterocycles. The fraction of sp³-hybridized carbons (Fsp3) is 0.400. The number of aromatic amines is 1. The minimum atomic E-state index is -0.710. The maximum absolute atomic E-state index is 14.2. The molecule has 2 saturated heterocycles. The van der Waals surface area contributed by atoms with Crippen molar-refractivity contribution in [3.8, 4) is 11.9 Å². The van der Waals surface area contributed by atoms with Crippen LogP contribution in [0.3, 0.4) is 0 Å². The maximum Gasteiger partial charge on any atom is 0.296 e. The molecule has 0 bridgehead atoms. The molecule has 170 valence electrons. The molecule has 0 amide bonds. The van der Waals surface area contributed by atoms with Gasteiger partial charge < -0.3 is 29.0 Å². The second-order valence-corrected chi connectivity index (χ2v) is 8.65. The van der Waals surface area contributed by atoms with Crippen LogP contribution in [-0.2, 0) is 16.1 Å². The van der Waals surface area contributed by atoms with E-state index in [1.807, 2.05) is 0 Å². The normalized spacial score (nSPS) is 24.8. The van der Waals surface area contributed by atoms with Gasteiger partial charge in [-0.15, -0.1) is 11.8 Å². The highest BCUT2D eigenvalue weighted by atomic mass is 35.5. The first-order valence-corrected chi connectivity index (χ1v) is 11.3. The molecule has 3 aromatic rings. The summed E-state index contributed by atoms with van der Waals surface area (Å²) in [6.45, 7) is 0.0489. The summed E-state index contributed by atoms with van der Waals surface area (Å²) in [7, 11) is 0. The van der Waals surface area contributed by atoms with Crippen LogP contribution in [0.15, 0.2) is 23.1 Å². The third kappa shape index (κ3) is 3.99. The number of nitrogens with zero attached hydrogens (tertiary/aromatic N) is 2. The summed E-state index contributed by atoms with van der Waals surface area (Å²) < 4.78 is 50.8. The lowest BCUT2D eigenvalue weighted by Gasteiger charge is -2.15. The number of benzene rings is 1. The highest BCUT2D eigenvalue weighted by molar-refractivity contribution is 7.98. The summed E-state index contributed by atoms with van der Waals surface area (Å²) in [5.41, 5.74) is 0.518. The Morgan fingerprint density at radius 3 is 2.69 bits per heavy atom. The zero-order valence-corrected chi connectivity index (χ0v) is 18.3. The number of nitrogens with one attached hydrogen (secondary N) is 1. The lowest BCUT2D eigenvalue weighted by molar-refractivity contribution is 0.00706. The van der Waals surface area contributed by atoms with E-state index in [-0.39, 0.29) is 47.9 Å². The van der Waals surface area contributed by atoms with Crippen molar-refractivity contribution in [2.45, 2.75) is 35.9 Å². The predicted molar refractivity (Wildman–Crippen MR) is 111 cm³/mol. The van der Waals surface area contributed by atoms with Crippen LogP contribution in [0.4, 0.5) is 8.78 Å². The summed E-state index contributed by atoms with van der Waals surface area (Å²) in [5.74, 6) is -1.44. The van der Waals surface area contributed by atoms with Gasteiger partial charge >= 0.3 is 0 Å². The number of aliphatic hydroxyl groups is 1. The highest BCUT2D eigenvalue weighted by Crippen LogP contribution is 2.32. The third-order valence-electron chi connectivity index (χ3n) is 5.32. The van der Waals surface area contributed by atoms with E-state index >= 15 is 0 Å². The van der Waals surface area contributed by atoms with Crippen molar-refractivity contribution in [3.05, 3.63) is 40.4 Å². The second-order valence-electron chi connectivity index (χ2n) is 7.37. The van der Waals surface area contributed by atoms with Gasteiger partial charge in [0.15, 0.2) is 11.8 Å². The van der Waals surface area contributed by atoms with E-state index in [0.29, 0.717) is 10.4 Å². The SMILES string of the molecule is CSc1cc(F)c(COc2nc3nc(O[C@@H]4CO[C@H]5[C@@H]4OC[C@H]5O)[nH]c3cc2Cl)c(F)c1. The molecule has 1 aromatic carbocycles. The molecule has 2 aliphatic rings. The zero-order valence-electron chi connectivity index (χ0n) is 16.7. The van der Waals surface area contributed by atoms with Crippen LogP contribution in [0.25, 0.3) is 11.2 Å². The van der Waals surface area contributed by atoms with Crippen LogP contribution < -0.4 is 9.47 Å². The average Bonchev–Trinajstić information content (AvgIpc) is 3.44. The van der Waals surface area contributed by atoms with Gasteiger partial charge in [0.25, 0.3) is 6.01 Å². The Morgan fingerprint density at radius 2 is 1.94 bits per heavy atom. The summed E-state index contributed by atoms with van der Waals surface area (Å²) in [6.07, 6.45) is -0.221. The number of pyridine rings is 1. The average molecular weight is 486 g/mol. The smallest absolute Gasteiger partial charge is 0.296 e. The molecule has 0 unspecified atom stereocenters. The van der Waals surface area contributed by atoms with Gasteiger partial charge in [-0.25, -0.2) is 8.78 Å². The van der Waals surface area contributed by atoms with E-state index in [9.17, 15) is 13.9 Å². The summed E-state index contributed by atoms with van der Waals surface area (Å²) in [6, 6.07) is 4.19. The minimum absolute atomic E-state index is 0.0172. The van der Waals surface area contributed by atoms with Gasteiger partial charge in [-0.05, 0) is 24.5 Å². The highest BCUT2D eigenvalue weighted by Gasteiger charge is 2.48. The van der Waals surface area contributed by atoms with E-state index in [0.717, 1.165) is 0 Å². The largest absolute Gasteiger partial charge is 0.471 e. The van der Waals surface area contributed by atoms with Gasteiger partial charge in [0.2, 0.25) is 5.88 Å². The van der Waals surface area contributed by atoms with Crippen molar-refractivity contribution in [2.75, 3.05) is 19.5 Å². The van der Waals surface area contributed by atoms with Crippen LogP contribution >= 0.6 is 23.4 Å². The van der Waals surface area contributed by atoms with E-state index in [4.69, 9.17) is 30.5 Å². The Labute approximate surface area is 190 Å². The molecule has 0 saturated carbocycles. The lowest BCUT2D eigenvalue weighted by atomic mass is 10.1. The van der Waals surface area contributed by atoms with E-state index in [1.54, 1.807) is 6.26 Å². The van der Waals surface area contributed by atoms with Crippen molar-refractivity contribution in [2.24, 2.45) is 0 Å². The number of H-pyrrole nitrogens is 1. The molecule has 0 radical (unpaired) electrons. The number of rotatable bonds is 6. The molecule has 12 heteroatoms. The van der Waals surface area contributed by atoms with Crippen molar-refractivity contribution in [3.63, 3.8) is 0 Å². The number of ether oxygens (including phenoxy) is 4. The zero-order chi connectivity index (χ0) is 22.4. The molecule has 2 fully saturated rings. The van der Waals surface area contributed by atoms with Gasteiger partial charge in [0.05, 0.1) is 24.3 Å². The number of aromatic nitrogens is 3. The Morgan fingerprint density at radius 1 is 1.19 bits per heavy atom. The number of hydrogen-bond donors (Lipinski definition) is 2. The topological polar surface area (TPSA) is 98.7 Å². The van der Waals surface area contributed by atoms with E-state index in [2.05, 4.69) is 15.0 Å². The van der Waals surface area contributed by atoms with Crippen LogP contribution in [0.5, 0.6) is 11.9 Å². The summed E-state index contributed by atoms with van der Waals surface area (Å²) >= 11 is 7.47. The van der Waals surface area contributed by atoms with Crippen molar-refractivity contribution < 1.29 is 32.8 Å². The van der Waals surface area contributed by atoms with Crippen LogP contribution in [0, 0.1) is 11.6 Å². The molecule has 8 nitrogen and oxygen atoms in total. The van der Waals surface area contributed by atoms with Gasteiger partial charge in [-0.2, -0.15) is 9.97 Å². The minimum Gasteiger partial charge on any atom is -0.471 e. The Hall–Kier alpha value is -2.18. The first kappa shape index (κ1) is 21.7. The number of halogens is 3. The van der Waals surface area contributed by atoms with Crippen molar-refractivity contribution in [1.82, 2.24) is 15.0 Å². The monoisotopic (exact) mass is 485 g/mol. The van der Waals surface area contributed by atoms with Gasteiger partial charge in [-0.1, -0.05) is 11.6 Å². The number of aliphatic hydroxyl groups excluding tert-OH is 1. The molecule has 4 heterocycles. The molecule has 0 spiro atoms. The maximum atomic E-state index is 14.2. The van der Waals surface area contributed by atoms with Crippen LogP contribution in [-0.4, -0.2) is 63.9 Å². The molecular weight excluding hydrogens is 468 g/mol. The molecule has 0 aliphatic carbocycles. The molecular formula is C20H18ClF2N3O5S. The number of hydrogen-bond acceptors (Lipinski definition) is 8. The lowest BCUT2D eigenvalue weighted by Crippen LogP contribution is -2.34. The van der Waals surface area contributed by atoms with Gasteiger partial charge in [0.1, 0.15) is 41.6 Å². The van der Waals surface area contributed by atoms with E-state index in [1.165, 1.54) is 30.0 Å². The van der Waals surface area contributed by atoms with E-state index < -0.39 is 36.1 Å². The molecule has 5 rings (SSSR count). The third-order valence-corrected chi connectivity index (χ3v) is 6.30. The van der Waals surface area contributed by atoms with Crippen LogP contribution in [0.2, 0.25) is 5.02 Å². The standard InChI is InChI=1S/C20H18ClF2N3O5S/c1-32-8-2-11(22)9(12(23)3-8)5-30-19-10(21)4-13-18(25-19)26-20(24-13)31-15-7-29-16-14(27)6-28-17(15)16/h2-4,14-17,27H,5-7H2,1H3,(H,24,25,26)/t14-,15-,16-,17-/m1/s1. The Kier molecular flexibility index (Phi) is 5.84. The van der Waals surface area contributed by atoms with Gasteiger partial charge in [0, 0.05) is 4.90 Å². The second kappa shape index (κ2) is 8.64. The fourth-order valence-electron chi connectivity index (χ4n) is 3.70. The first-order chi connectivity index (χ1) is 15.4. The fourth-order valence-corrected chi connectivity index (χ4v) is 4.35. The van der Waals surface area contributed by atoms with Crippen molar-refractivity contribution in [1.29, 1.82) is 0 Å². The molecule has 4 atom stereocenters. The Bertz CT molecular complexity index is 1140. The molecule has 32 heavy (non-hydrogen) atoms. The molecule has 2 aromatic heterocycles. The van der Waals surface area contributed by atoms with Crippen LogP contribution in [0.1, 0.15) is 5.56 Å². The van der Waals surface area contributed by atoms with Crippen molar-refractivity contribution >= 4 is 34.5 Å². The summed E-state index contributed by atoms with van der Waals surface area (Å²) in [4.78, 5) is 11.9. The Balaban J connectivity index is 1.32. The molecule has 2 N–H and O–H groups in total. The quantitative estimate of drug-likeness (QED) is 0.514. The number of thioether (sulfide) groups is 1.